The van der Waals surface area contributed by atoms with E-state index in [4.69, 9.17) is 16.3 Å². The van der Waals surface area contributed by atoms with Gasteiger partial charge in [-0.05, 0) is 61.0 Å². The Morgan fingerprint density at radius 1 is 1.30 bits per heavy atom. The summed E-state index contributed by atoms with van der Waals surface area (Å²) < 4.78 is 19.5. The van der Waals surface area contributed by atoms with Gasteiger partial charge >= 0.3 is 0 Å². The van der Waals surface area contributed by atoms with Crippen molar-refractivity contribution in [1.29, 1.82) is 5.26 Å². The quantitative estimate of drug-likeness (QED) is 0.477. The van der Waals surface area contributed by atoms with Crippen LogP contribution in [0.4, 0.5) is 9.39 Å². The summed E-state index contributed by atoms with van der Waals surface area (Å²) in [6, 6.07) is 14.2. The third-order valence-electron chi connectivity index (χ3n) is 5.00. The number of hydrogen-bond donors (Lipinski definition) is 0. The van der Waals surface area contributed by atoms with Crippen LogP contribution < -0.4 is 4.74 Å². The Morgan fingerprint density at radius 3 is 2.83 bits per heavy atom. The summed E-state index contributed by atoms with van der Waals surface area (Å²) in [5.74, 6) is 0.225. The van der Waals surface area contributed by atoms with Crippen molar-refractivity contribution in [2.75, 3.05) is 13.6 Å². The molecule has 2 aromatic carbocycles. The number of benzene rings is 2. The molecule has 0 radical (unpaired) electrons. The van der Waals surface area contributed by atoms with E-state index in [0.717, 1.165) is 35.6 Å². The van der Waals surface area contributed by atoms with E-state index in [2.05, 4.69) is 23.0 Å². The molecule has 7 heteroatoms. The first-order valence-electron chi connectivity index (χ1n) is 9.48. The normalized spacial score (nSPS) is 13.9. The minimum atomic E-state index is -0.385. The maximum Gasteiger partial charge on any atom is 0.134 e. The molecule has 0 spiro atoms. The molecule has 0 aliphatic carbocycles. The highest BCUT2D eigenvalue weighted by molar-refractivity contribution is 7.16. The zero-order chi connectivity index (χ0) is 21.1. The maximum atomic E-state index is 13.8. The van der Waals surface area contributed by atoms with Crippen LogP contribution in [0.5, 0.6) is 5.75 Å². The third kappa shape index (κ3) is 4.39. The van der Waals surface area contributed by atoms with E-state index < -0.39 is 0 Å². The van der Waals surface area contributed by atoms with Gasteiger partial charge in [0, 0.05) is 29.7 Å². The Bertz CT molecular complexity index is 1110. The predicted octanol–water partition coefficient (Wildman–Crippen LogP) is 5.73. The number of ether oxygens (including phenoxy) is 1. The van der Waals surface area contributed by atoms with Crippen LogP contribution in [0, 0.1) is 17.1 Å². The van der Waals surface area contributed by atoms with E-state index in [-0.39, 0.29) is 12.4 Å². The van der Waals surface area contributed by atoms with Gasteiger partial charge in [-0.2, -0.15) is 5.26 Å². The highest BCUT2D eigenvalue weighted by Crippen LogP contribution is 2.38. The second kappa shape index (κ2) is 8.97. The standard InChI is InChI=1S/C23H19ClFN3OS/c1-28-10-9-17-18(11-26)23(30-22(17)13-28)27-12-15-5-7-16(8-6-15)29-14-19-20(24)3-2-4-21(19)25/h2-8,12H,9-10,13-14H2,1H3. The monoisotopic (exact) mass is 439 g/mol. The first-order chi connectivity index (χ1) is 14.5. The summed E-state index contributed by atoms with van der Waals surface area (Å²) in [6.07, 6.45) is 2.64. The topological polar surface area (TPSA) is 48.6 Å². The average Bonchev–Trinajstić information content (AvgIpc) is 3.09. The highest BCUT2D eigenvalue weighted by Gasteiger charge is 2.22. The van der Waals surface area contributed by atoms with Crippen molar-refractivity contribution < 1.29 is 9.13 Å². The maximum absolute atomic E-state index is 13.8. The van der Waals surface area contributed by atoms with E-state index in [1.807, 2.05) is 12.1 Å². The van der Waals surface area contributed by atoms with Gasteiger partial charge in [-0.15, -0.1) is 11.3 Å². The number of nitriles is 1. The molecular weight excluding hydrogens is 421 g/mol. The second-order valence-electron chi connectivity index (χ2n) is 7.10. The third-order valence-corrected chi connectivity index (χ3v) is 6.48. The molecule has 3 aromatic rings. The Kier molecular flexibility index (Phi) is 6.14. The lowest BCUT2D eigenvalue weighted by Gasteiger charge is -2.21. The van der Waals surface area contributed by atoms with Gasteiger partial charge in [0.1, 0.15) is 29.2 Å². The van der Waals surface area contributed by atoms with Crippen LogP contribution in [0.3, 0.4) is 0 Å². The molecule has 152 valence electrons. The van der Waals surface area contributed by atoms with Gasteiger partial charge in [0.05, 0.1) is 10.6 Å². The summed E-state index contributed by atoms with van der Waals surface area (Å²) >= 11 is 7.62. The van der Waals surface area contributed by atoms with Gasteiger partial charge in [-0.3, -0.25) is 0 Å². The molecule has 30 heavy (non-hydrogen) atoms. The van der Waals surface area contributed by atoms with E-state index in [1.54, 1.807) is 41.8 Å². The van der Waals surface area contributed by atoms with Gasteiger partial charge in [-0.25, -0.2) is 9.38 Å². The molecular formula is C23H19ClFN3OS. The zero-order valence-corrected chi connectivity index (χ0v) is 17.9. The molecule has 4 nitrogen and oxygen atoms in total. The minimum Gasteiger partial charge on any atom is -0.489 e. The molecule has 0 bridgehead atoms. The smallest absolute Gasteiger partial charge is 0.134 e. The summed E-state index contributed by atoms with van der Waals surface area (Å²) in [6.45, 7) is 1.88. The van der Waals surface area contributed by atoms with Gasteiger partial charge in [0.25, 0.3) is 0 Å². The Labute approximate surface area is 183 Å². The average molecular weight is 440 g/mol. The molecule has 0 unspecified atom stereocenters. The van der Waals surface area contributed by atoms with E-state index >= 15 is 0 Å². The Morgan fingerprint density at radius 2 is 2.10 bits per heavy atom. The molecule has 1 aromatic heterocycles. The van der Waals surface area contributed by atoms with Crippen LogP contribution in [-0.4, -0.2) is 24.7 Å². The lowest BCUT2D eigenvalue weighted by Crippen LogP contribution is -2.25. The molecule has 0 amide bonds. The van der Waals surface area contributed by atoms with Crippen LogP contribution >= 0.6 is 22.9 Å². The van der Waals surface area contributed by atoms with Crippen LogP contribution in [0.15, 0.2) is 47.5 Å². The van der Waals surface area contributed by atoms with Crippen LogP contribution in [0.1, 0.15) is 27.1 Å². The first-order valence-corrected chi connectivity index (χ1v) is 10.7. The number of nitrogens with zero attached hydrogens (tertiary/aromatic N) is 3. The van der Waals surface area contributed by atoms with Crippen LogP contribution in [0.2, 0.25) is 5.02 Å². The highest BCUT2D eigenvalue weighted by atomic mass is 35.5. The predicted molar refractivity (Wildman–Crippen MR) is 119 cm³/mol. The summed E-state index contributed by atoms with van der Waals surface area (Å²) in [7, 11) is 2.08. The number of rotatable bonds is 5. The fourth-order valence-electron chi connectivity index (χ4n) is 3.33. The lowest BCUT2D eigenvalue weighted by atomic mass is 10.0. The molecule has 0 saturated heterocycles. The fraction of sp³-hybridized carbons (Fsp3) is 0.217. The van der Waals surface area contributed by atoms with Crippen LogP contribution in [0.25, 0.3) is 0 Å². The van der Waals surface area contributed by atoms with Gasteiger partial charge in [0.2, 0.25) is 0 Å². The number of fused-ring (bicyclic) bond motifs is 1. The number of likely N-dealkylation sites (N-methyl/N-ethyl adjacent to an activating group) is 1. The summed E-state index contributed by atoms with van der Waals surface area (Å²) in [5, 5.41) is 10.7. The molecule has 2 heterocycles. The molecule has 4 rings (SSSR count). The number of hydrogen-bond acceptors (Lipinski definition) is 5. The van der Waals surface area contributed by atoms with E-state index in [9.17, 15) is 9.65 Å². The Hall–Kier alpha value is -2.72. The van der Waals surface area contributed by atoms with Gasteiger partial charge < -0.3 is 9.64 Å². The molecule has 0 saturated carbocycles. The van der Waals surface area contributed by atoms with Crippen molar-refractivity contribution in [1.82, 2.24) is 4.90 Å². The van der Waals surface area contributed by atoms with E-state index in [0.29, 0.717) is 21.9 Å². The van der Waals surface area contributed by atoms with E-state index in [1.165, 1.54) is 10.9 Å². The van der Waals surface area contributed by atoms with Crippen molar-refractivity contribution in [3.05, 3.63) is 80.4 Å². The minimum absolute atomic E-state index is 0.0552. The van der Waals surface area contributed by atoms with Crippen molar-refractivity contribution in [2.45, 2.75) is 19.6 Å². The Balaban J connectivity index is 1.45. The van der Waals surface area contributed by atoms with Crippen molar-refractivity contribution in [3.63, 3.8) is 0 Å². The molecule has 1 aliphatic rings. The first kappa shape index (κ1) is 20.5. The number of aliphatic imine (C=N–C) groups is 1. The van der Waals surface area contributed by atoms with Crippen molar-refractivity contribution in [2.24, 2.45) is 4.99 Å². The SMILES string of the molecule is CN1CCc2c(sc(N=Cc3ccc(OCc4c(F)cccc4Cl)cc3)c2C#N)C1. The molecule has 0 atom stereocenters. The van der Waals surface area contributed by atoms with Crippen LogP contribution in [-0.2, 0) is 19.6 Å². The second-order valence-corrected chi connectivity index (χ2v) is 8.59. The number of halogens is 2. The number of thiophene rings is 1. The largest absolute Gasteiger partial charge is 0.489 e. The zero-order valence-electron chi connectivity index (χ0n) is 16.4. The molecule has 0 N–H and O–H groups in total. The molecule has 1 aliphatic heterocycles. The van der Waals surface area contributed by atoms with Crippen molar-refractivity contribution >= 4 is 34.2 Å². The summed E-state index contributed by atoms with van der Waals surface area (Å²) in [4.78, 5) is 8.04. The van der Waals surface area contributed by atoms with Gasteiger partial charge in [0.15, 0.2) is 0 Å². The van der Waals surface area contributed by atoms with Gasteiger partial charge in [-0.1, -0.05) is 17.7 Å². The summed E-state index contributed by atoms with van der Waals surface area (Å²) in [5.41, 5.74) is 3.06. The lowest BCUT2D eigenvalue weighted by molar-refractivity contribution is 0.300. The molecule has 0 fully saturated rings. The van der Waals surface area contributed by atoms with Crippen molar-refractivity contribution in [3.8, 4) is 11.8 Å². The fourth-order valence-corrected chi connectivity index (χ4v) is 4.77.